The Morgan fingerprint density at radius 3 is 2.45 bits per heavy atom. The van der Waals surface area contributed by atoms with Crippen LogP contribution in [-0.2, 0) is 10.0 Å². The molecule has 0 radical (unpaired) electrons. The second-order valence-corrected chi connectivity index (χ2v) is 10.2. The standard InChI is InChI=1S/C22H23F2N3O4S2/c1-14(13-28)21(33(25,30)31)32-15(2)26-10-3-11-27(22(26)29)18-7-4-16(5-8-18)19-12-17(23)6-9-20(19)24/h4-9,12,28H,2-3,10-11,13H2,1H3,(H2,25,30,31)/b21-14-. The lowest BCUT2D eigenvalue weighted by Crippen LogP contribution is -2.48. The molecule has 0 atom stereocenters. The Hall–Kier alpha value is -2.73. The van der Waals surface area contributed by atoms with Crippen LogP contribution >= 0.6 is 11.8 Å². The fraction of sp³-hybridized carbons (Fsp3) is 0.227. The van der Waals surface area contributed by atoms with E-state index in [1.165, 1.54) is 16.7 Å². The number of nitrogens with zero attached hydrogens (tertiary/aromatic N) is 2. The zero-order valence-electron chi connectivity index (χ0n) is 17.8. The van der Waals surface area contributed by atoms with E-state index in [0.29, 0.717) is 42.5 Å². The SMILES string of the molecule is C=C(S/C(=C(\C)CO)S(N)(=O)=O)N1CCCN(c2ccc(-c3cc(F)ccc3F)cc2)C1=O. The highest BCUT2D eigenvalue weighted by Crippen LogP contribution is 2.35. The molecule has 176 valence electrons. The Balaban J connectivity index is 1.82. The van der Waals surface area contributed by atoms with E-state index in [1.54, 1.807) is 24.3 Å². The van der Waals surface area contributed by atoms with Gasteiger partial charge in [0.15, 0.2) is 0 Å². The second-order valence-electron chi connectivity index (χ2n) is 7.38. The fourth-order valence-electron chi connectivity index (χ4n) is 3.35. The second kappa shape index (κ2) is 10.0. The molecule has 2 aromatic rings. The minimum atomic E-state index is -4.12. The molecular formula is C22H23F2N3O4S2. The first-order valence-corrected chi connectivity index (χ1v) is 12.2. The molecule has 0 aliphatic carbocycles. The molecule has 2 amide bonds. The highest BCUT2D eigenvalue weighted by atomic mass is 32.3. The first kappa shape index (κ1) is 24.9. The van der Waals surface area contributed by atoms with Crippen molar-refractivity contribution in [2.75, 3.05) is 24.6 Å². The molecule has 1 aliphatic heterocycles. The van der Waals surface area contributed by atoms with Gasteiger partial charge in [0.1, 0.15) is 15.9 Å². The monoisotopic (exact) mass is 495 g/mol. The van der Waals surface area contributed by atoms with Gasteiger partial charge in [-0.15, -0.1) is 0 Å². The number of benzene rings is 2. The summed E-state index contributed by atoms with van der Waals surface area (Å²) in [5.74, 6) is -1.12. The molecule has 3 rings (SSSR count). The van der Waals surface area contributed by atoms with E-state index in [-0.39, 0.29) is 20.4 Å². The van der Waals surface area contributed by atoms with Gasteiger partial charge in [-0.05, 0) is 54.8 Å². The first-order chi connectivity index (χ1) is 15.5. The summed E-state index contributed by atoms with van der Waals surface area (Å²) in [6.45, 7) is 5.48. The van der Waals surface area contributed by atoms with Crippen LogP contribution in [0.3, 0.4) is 0 Å². The Labute approximate surface area is 195 Å². The lowest BCUT2D eigenvalue weighted by Gasteiger charge is -2.36. The molecule has 0 spiro atoms. The van der Waals surface area contributed by atoms with Gasteiger partial charge < -0.3 is 5.11 Å². The van der Waals surface area contributed by atoms with Crippen LogP contribution in [0.1, 0.15) is 13.3 Å². The predicted molar refractivity (Wildman–Crippen MR) is 125 cm³/mol. The van der Waals surface area contributed by atoms with Gasteiger partial charge in [-0.1, -0.05) is 30.5 Å². The van der Waals surface area contributed by atoms with Crippen molar-refractivity contribution < 1.29 is 27.1 Å². The molecule has 3 N–H and O–H groups in total. The average molecular weight is 496 g/mol. The van der Waals surface area contributed by atoms with E-state index in [9.17, 15) is 27.1 Å². The number of carbonyl (C=O) groups excluding carboxylic acids is 1. The van der Waals surface area contributed by atoms with Gasteiger partial charge in [-0.25, -0.2) is 27.1 Å². The summed E-state index contributed by atoms with van der Waals surface area (Å²) < 4.78 is 51.1. The van der Waals surface area contributed by atoms with Crippen molar-refractivity contribution in [1.29, 1.82) is 0 Å². The zero-order valence-corrected chi connectivity index (χ0v) is 19.4. The number of sulfonamides is 1. The topological polar surface area (TPSA) is 104 Å². The van der Waals surface area contributed by atoms with Crippen LogP contribution in [0.4, 0.5) is 19.3 Å². The van der Waals surface area contributed by atoms with Gasteiger partial charge >= 0.3 is 6.03 Å². The average Bonchev–Trinajstić information content (AvgIpc) is 2.78. The molecule has 0 unspecified atom stereocenters. The van der Waals surface area contributed by atoms with Gasteiger partial charge in [0.2, 0.25) is 10.0 Å². The Bertz CT molecular complexity index is 1210. The molecule has 1 fully saturated rings. The number of thioether (sulfide) groups is 1. The van der Waals surface area contributed by atoms with E-state index in [1.807, 2.05) is 0 Å². The number of aliphatic hydroxyl groups is 1. The molecule has 0 bridgehead atoms. The van der Waals surface area contributed by atoms with E-state index in [2.05, 4.69) is 6.58 Å². The highest BCUT2D eigenvalue weighted by molar-refractivity contribution is 8.20. The van der Waals surface area contributed by atoms with Gasteiger partial charge in [0, 0.05) is 24.3 Å². The summed E-state index contributed by atoms with van der Waals surface area (Å²) in [5, 5.41) is 14.7. The number of anilines is 1. The molecule has 2 aromatic carbocycles. The number of primary sulfonamides is 1. The lowest BCUT2D eigenvalue weighted by molar-refractivity contribution is 0.213. The Morgan fingerprint density at radius 2 is 1.85 bits per heavy atom. The van der Waals surface area contributed by atoms with Crippen molar-refractivity contribution in [1.82, 2.24) is 4.90 Å². The number of hydrogen-bond acceptors (Lipinski definition) is 5. The van der Waals surface area contributed by atoms with E-state index < -0.39 is 34.3 Å². The maximum atomic E-state index is 14.1. The number of urea groups is 1. The third-order valence-corrected chi connectivity index (χ3v) is 7.80. The third-order valence-electron chi connectivity index (χ3n) is 5.00. The minimum Gasteiger partial charge on any atom is -0.392 e. The summed E-state index contributed by atoms with van der Waals surface area (Å²) >= 11 is 0.708. The van der Waals surface area contributed by atoms with Crippen molar-refractivity contribution in [3.05, 3.63) is 75.5 Å². The van der Waals surface area contributed by atoms with Gasteiger partial charge in [0.25, 0.3) is 0 Å². The Morgan fingerprint density at radius 1 is 1.18 bits per heavy atom. The molecule has 1 saturated heterocycles. The maximum absolute atomic E-state index is 14.1. The lowest BCUT2D eigenvalue weighted by atomic mass is 10.0. The smallest absolute Gasteiger partial charge is 0.329 e. The maximum Gasteiger partial charge on any atom is 0.329 e. The first-order valence-electron chi connectivity index (χ1n) is 9.87. The number of halogens is 2. The zero-order chi connectivity index (χ0) is 24.3. The third kappa shape index (κ3) is 5.61. The number of hydrogen-bond donors (Lipinski definition) is 2. The van der Waals surface area contributed by atoms with Crippen LogP contribution in [0, 0.1) is 11.6 Å². The quantitative estimate of drug-likeness (QED) is 0.605. The normalized spacial score (nSPS) is 15.5. The molecule has 33 heavy (non-hydrogen) atoms. The minimum absolute atomic E-state index is 0.111. The van der Waals surface area contributed by atoms with Crippen LogP contribution in [-0.4, -0.2) is 44.2 Å². The number of nitrogens with two attached hydrogens (primary N) is 1. The van der Waals surface area contributed by atoms with Crippen molar-refractivity contribution >= 4 is 33.5 Å². The van der Waals surface area contributed by atoms with Crippen molar-refractivity contribution in [2.45, 2.75) is 13.3 Å². The molecule has 0 saturated carbocycles. The number of amides is 2. The largest absolute Gasteiger partial charge is 0.392 e. The highest BCUT2D eigenvalue weighted by Gasteiger charge is 2.30. The summed E-state index contributed by atoms with van der Waals surface area (Å²) in [6.07, 6.45) is 0.582. The summed E-state index contributed by atoms with van der Waals surface area (Å²) in [7, 11) is -4.12. The van der Waals surface area contributed by atoms with Crippen LogP contribution < -0.4 is 10.0 Å². The van der Waals surface area contributed by atoms with Crippen LogP contribution in [0.15, 0.2) is 63.9 Å². The van der Waals surface area contributed by atoms with E-state index >= 15 is 0 Å². The van der Waals surface area contributed by atoms with Crippen molar-refractivity contribution in [3.8, 4) is 11.1 Å². The molecule has 1 aliphatic rings. The van der Waals surface area contributed by atoms with Gasteiger partial charge in [-0.3, -0.25) is 9.80 Å². The number of rotatable bonds is 7. The van der Waals surface area contributed by atoms with Gasteiger partial charge in [-0.2, -0.15) is 0 Å². The van der Waals surface area contributed by atoms with Crippen molar-refractivity contribution in [3.63, 3.8) is 0 Å². The Kier molecular flexibility index (Phi) is 7.58. The summed E-state index contributed by atoms with van der Waals surface area (Å²) in [5.41, 5.74) is 1.25. The molecule has 7 nitrogen and oxygen atoms in total. The molecule has 0 aromatic heterocycles. The van der Waals surface area contributed by atoms with Crippen LogP contribution in [0.2, 0.25) is 0 Å². The number of carbonyl (C=O) groups is 1. The molecule has 11 heteroatoms. The van der Waals surface area contributed by atoms with Gasteiger partial charge in [0.05, 0.1) is 11.6 Å². The van der Waals surface area contributed by atoms with E-state index in [4.69, 9.17) is 5.14 Å². The van der Waals surface area contributed by atoms with E-state index in [0.717, 1.165) is 18.2 Å². The summed E-state index contributed by atoms with van der Waals surface area (Å²) in [6, 6.07) is 9.22. The molecule has 1 heterocycles. The fourth-order valence-corrected chi connectivity index (χ4v) is 5.39. The molecular weight excluding hydrogens is 472 g/mol. The van der Waals surface area contributed by atoms with Crippen LogP contribution in [0.5, 0.6) is 0 Å². The predicted octanol–water partition coefficient (Wildman–Crippen LogP) is 3.98. The van der Waals surface area contributed by atoms with Crippen LogP contribution in [0.25, 0.3) is 11.1 Å². The van der Waals surface area contributed by atoms with Crippen molar-refractivity contribution in [2.24, 2.45) is 5.14 Å². The number of aliphatic hydroxyl groups excluding tert-OH is 1. The summed E-state index contributed by atoms with van der Waals surface area (Å²) in [4.78, 5) is 15.9.